The fourth-order valence-corrected chi connectivity index (χ4v) is 1.20. The maximum atomic E-state index is 12.0. The van der Waals surface area contributed by atoms with Crippen molar-refractivity contribution in [3.8, 4) is 5.88 Å². The molecule has 1 heterocycles. The Labute approximate surface area is 90.9 Å². The van der Waals surface area contributed by atoms with Gasteiger partial charge in [-0.05, 0) is 6.42 Å². The molecule has 0 radical (unpaired) electrons. The van der Waals surface area contributed by atoms with Crippen molar-refractivity contribution in [3.05, 3.63) is 11.9 Å². The van der Waals surface area contributed by atoms with E-state index in [1.165, 1.54) is 0 Å². The van der Waals surface area contributed by atoms with Gasteiger partial charge in [0.05, 0.1) is 5.56 Å². The Kier molecular flexibility index (Phi) is 3.92. The van der Waals surface area contributed by atoms with E-state index in [0.717, 1.165) is 6.33 Å². The molecule has 0 aliphatic carbocycles. The van der Waals surface area contributed by atoms with Gasteiger partial charge in [0.1, 0.15) is 12.1 Å². The second-order valence-corrected chi connectivity index (χ2v) is 3.01. The maximum absolute atomic E-state index is 12.0. The molecule has 1 N–H and O–H groups in total. The van der Waals surface area contributed by atoms with Crippen molar-refractivity contribution in [3.63, 3.8) is 0 Å². The molecule has 0 spiro atoms. The van der Waals surface area contributed by atoms with Crippen LogP contribution in [0.4, 0.5) is 19.0 Å². The first-order valence-corrected chi connectivity index (χ1v) is 4.69. The van der Waals surface area contributed by atoms with E-state index in [9.17, 15) is 13.2 Å². The molecule has 0 aliphatic rings. The third kappa shape index (κ3) is 3.25. The molecule has 16 heavy (non-hydrogen) atoms. The first-order valence-electron chi connectivity index (χ1n) is 4.69. The summed E-state index contributed by atoms with van der Waals surface area (Å²) >= 11 is 0. The Bertz CT molecular complexity index is 354. The Morgan fingerprint density at radius 2 is 2.06 bits per heavy atom. The van der Waals surface area contributed by atoms with E-state index < -0.39 is 12.8 Å². The van der Waals surface area contributed by atoms with Crippen LogP contribution < -0.4 is 10.1 Å². The lowest BCUT2D eigenvalue weighted by atomic mass is 10.2. The highest BCUT2D eigenvalue weighted by Gasteiger charge is 2.29. The van der Waals surface area contributed by atoms with E-state index in [-0.39, 0.29) is 5.88 Å². The number of anilines is 1. The van der Waals surface area contributed by atoms with Crippen molar-refractivity contribution in [1.29, 1.82) is 0 Å². The molecule has 1 aromatic heterocycles. The van der Waals surface area contributed by atoms with Gasteiger partial charge in [0.25, 0.3) is 0 Å². The Morgan fingerprint density at radius 1 is 1.38 bits per heavy atom. The van der Waals surface area contributed by atoms with E-state index in [1.807, 2.05) is 0 Å². The van der Waals surface area contributed by atoms with Crippen LogP contribution in [-0.4, -0.2) is 29.8 Å². The van der Waals surface area contributed by atoms with E-state index in [0.29, 0.717) is 17.8 Å². The minimum absolute atomic E-state index is 0.0285. The van der Waals surface area contributed by atoms with Gasteiger partial charge in [-0.25, -0.2) is 9.97 Å². The minimum atomic E-state index is -4.37. The smallest absolute Gasteiger partial charge is 0.422 e. The second kappa shape index (κ2) is 5.00. The summed E-state index contributed by atoms with van der Waals surface area (Å²) in [4.78, 5) is 7.58. The summed E-state index contributed by atoms with van der Waals surface area (Å²) in [6, 6.07) is 0. The van der Waals surface area contributed by atoms with Crippen LogP contribution in [-0.2, 0) is 6.42 Å². The molecule has 0 amide bonds. The molecule has 7 heteroatoms. The van der Waals surface area contributed by atoms with Crippen LogP contribution >= 0.6 is 0 Å². The molecule has 4 nitrogen and oxygen atoms in total. The maximum Gasteiger partial charge on any atom is 0.422 e. The molecule has 0 unspecified atom stereocenters. The van der Waals surface area contributed by atoms with Crippen LogP contribution in [0.5, 0.6) is 5.88 Å². The first-order chi connectivity index (χ1) is 7.48. The van der Waals surface area contributed by atoms with Gasteiger partial charge in [-0.3, -0.25) is 0 Å². The molecule has 0 atom stereocenters. The molecule has 0 saturated carbocycles. The summed E-state index contributed by atoms with van der Waals surface area (Å²) in [5, 5.41) is 2.77. The van der Waals surface area contributed by atoms with Crippen LogP contribution in [0.2, 0.25) is 0 Å². The standard InChI is InChI=1S/C9H12F3N3O/c1-3-6-7(13-2)14-5-15-8(6)16-4-9(10,11)12/h5H,3-4H2,1-2H3,(H,13,14,15). The van der Waals surface area contributed by atoms with Gasteiger partial charge in [0, 0.05) is 7.05 Å². The molecule has 0 aromatic carbocycles. The summed E-state index contributed by atoms with van der Waals surface area (Å²) in [6.45, 7) is 0.445. The summed E-state index contributed by atoms with van der Waals surface area (Å²) < 4.78 is 40.5. The number of aromatic nitrogens is 2. The lowest BCUT2D eigenvalue weighted by molar-refractivity contribution is -0.154. The molecular formula is C9H12F3N3O. The summed E-state index contributed by atoms with van der Waals surface area (Å²) in [7, 11) is 1.63. The van der Waals surface area contributed by atoms with Crippen LogP contribution in [0.25, 0.3) is 0 Å². The number of hydrogen-bond acceptors (Lipinski definition) is 4. The zero-order chi connectivity index (χ0) is 12.2. The summed E-state index contributed by atoms with van der Waals surface area (Å²) in [6.07, 6.45) is -2.71. The van der Waals surface area contributed by atoms with Crippen LogP contribution in [0.3, 0.4) is 0 Å². The van der Waals surface area contributed by atoms with Gasteiger partial charge < -0.3 is 10.1 Å². The van der Waals surface area contributed by atoms with Crippen LogP contribution in [0.15, 0.2) is 6.33 Å². The van der Waals surface area contributed by atoms with Gasteiger partial charge in [-0.1, -0.05) is 6.92 Å². The zero-order valence-corrected chi connectivity index (χ0v) is 8.93. The Balaban J connectivity index is 2.87. The van der Waals surface area contributed by atoms with Crippen molar-refractivity contribution >= 4 is 5.82 Å². The normalized spacial score (nSPS) is 11.3. The molecule has 90 valence electrons. The third-order valence-electron chi connectivity index (χ3n) is 1.87. The fraction of sp³-hybridized carbons (Fsp3) is 0.556. The average Bonchev–Trinajstić information content (AvgIpc) is 2.24. The molecule has 0 fully saturated rings. The molecule has 1 aromatic rings. The molecule has 0 aliphatic heterocycles. The van der Waals surface area contributed by atoms with Crippen molar-refractivity contribution in [2.24, 2.45) is 0 Å². The number of rotatable bonds is 4. The number of halogens is 3. The quantitative estimate of drug-likeness (QED) is 0.867. The Hall–Kier alpha value is -1.53. The molecule has 1 rings (SSSR count). The average molecular weight is 235 g/mol. The van der Waals surface area contributed by atoms with E-state index in [2.05, 4.69) is 20.0 Å². The second-order valence-electron chi connectivity index (χ2n) is 3.01. The van der Waals surface area contributed by atoms with Gasteiger partial charge in [0.2, 0.25) is 5.88 Å². The number of hydrogen-bond donors (Lipinski definition) is 1. The number of nitrogens with one attached hydrogen (secondary N) is 1. The fourth-order valence-electron chi connectivity index (χ4n) is 1.20. The lowest BCUT2D eigenvalue weighted by Crippen LogP contribution is -2.20. The van der Waals surface area contributed by atoms with E-state index >= 15 is 0 Å². The van der Waals surface area contributed by atoms with Crippen molar-refractivity contribution in [2.75, 3.05) is 19.0 Å². The topological polar surface area (TPSA) is 47.0 Å². The predicted molar refractivity (Wildman–Crippen MR) is 52.5 cm³/mol. The highest BCUT2D eigenvalue weighted by atomic mass is 19.4. The lowest BCUT2D eigenvalue weighted by Gasteiger charge is -2.13. The van der Waals surface area contributed by atoms with Crippen LogP contribution in [0.1, 0.15) is 12.5 Å². The van der Waals surface area contributed by atoms with E-state index in [1.54, 1.807) is 14.0 Å². The number of nitrogens with zero attached hydrogens (tertiary/aromatic N) is 2. The van der Waals surface area contributed by atoms with Gasteiger partial charge >= 0.3 is 6.18 Å². The van der Waals surface area contributed by atoms with Gasteiger partial charge in [-0.15, -0.1) is 0 Å². The molecule has 0 saturated heterocycles. The SMILES string of the molecule is CCc1c(NC)ncnc1OCC(F)(F)F. The number of alkyl halides is 3. The van der Waals surface area contributed by atoms with Crippen molar-refractivity contribution in [1.82, 2.24) is 9.97 Å². The molecular weight excluding hydrogens is 223 g/mol. The van der Waals surface area contributed by atoms with Crippen molar-refractivity contribution < 1.29 is 17.9 Å². The van der Waals surface area contributed by atoms with Crippen molar-refractivity contribution in [2.45, 2.75) is 19.5 Å². The monoisotopic (exact) mass is 235 g/mol. The van der Waals surface area contributed by atoms with E-state index in [4.69, 9.17) is 0 Å². The third-order valence-corrected chi connectivity index (χ3v) is 1.87. The van der Waals surface area contributed by atoms with Gasteiger partial charge in [-0.2, -0.15) is 13.2 Å². The Morgan fingerprint density at radius 3 is 2.56 bits per heavy atom. The predicted octanol–water partition coefficient (Wildman–Crippen LogP) is 2.02. The van der Waals surface area contributed by atoms with Gasteiger partial charge in [0.15, 0.2) is 6.61 Å². The zero-order valence-electron chi connectivity index (χ0n) is 8.93. The first kappa shape index (κ1) is 12.5. The minimum Gasteiger partial charge on any atom is -0.468 e. The summed E-state index contributed by atoms with van der Waals surface area (Å²) in [5.41, 5.74) is 0.536. The highest BCUT2D eigenvalue weighted by molar-refractivity contribution is 5.48. The van der Waals surface area contributed by atoms with Crippen LogP contribution in [0, 0.1) is 0 Å². The highest BCUT2D eigenvalue weighted by Crippen LogP contribution is 2.24. The molecule has 0 bridgehead atoms. The largest absolute Gasteiger partial charge is 0.468 e. The summed E-state index contributed by atoms with van der Waals surface area (Å²) in [5.74, 6) is 0.453. The number of ether oxygens (including phenoxy) is 1.